The molecular weight excluding hydrogens is 306 g/mol. The molecule has 1 amide bonds. The van der Waals surface area contributed by atoms with Gasteiger partial charge in [-0.1, -0.05) is 13.8 Å². The van der Waals surface area contributed by atoms with Crippen molar-refractivity contribution in [1.29, 1.82) is 0 Å². The highest BCUT2D eigenvalue weighted by atomic mass is 16.2. The van der Waals surface area contributed by atoms with Crippen LogP contribution < -0.4 is 16.2 Å². The number of pyridine rings is 1. The molecule has 0 radical (unpaired) electrons. The molecule has 0 aliphatic carbocycles. The number of likely N-dealkylation sites (N-methyl/N-ethyl adjacent to an activating group) is 1. The zero-order chi connectivity index (χ0) is 17.9. The summed E-state index contributed by atoms with van der Waals surface area (Å²) in [5.41, 5.74) is 1.85. The molecular formula is C17H23N5O2. The van der Waals surface area contributed by atoms with Crippen molar-refractivity contribution in [2.45, 2.75) is 33.7 Å². The van der Waals surface area contributed by atoms with Gasteiger partial charge in [0.2, 0.25) is 5.91 Å². The van der Waals surface area contributed by atoms with Gasteiger partial charge in [0, 0.05) is 30.1 Å². The van der Waals surface area contributed by atoms with Gasteiger partial charge >= 0.3 is 0 Å². The number of hydrogen-bond donors (Lipinski definition) is 3. The Morgan fingerprint density at radius 1 is 1.25 bits per heavy atom. The van der Waals surface area contributed by atoms with Crippen LogP contribution in [0.1, 0.15) is 25.1 Å². The Bertz CT molecular complexity index is 781. The Labute approximate surface area is 140 Å². The summed E-state index contributed by atoms with van der Waals surface area (Å²) in [6, 6.07) is 3.21. The number of carbonyl (C=O) groups excluding carboxylic acids is 1. The van der Waals surface area contributed by atoms with Crippen LogP contribution in [0.5, 0.6) is 0 Å². The number of nitrogens with one attached hydrogen (secondary N) is 3. The number of aryl methyl sites for hydroxylation is 1. The minimum Gasteiger partial charge on any atom is -0.358 e. The van der Waals surface area contributed by atoms with Gasteiger partial charge in [-0.3, -0.25) is 9.59 Å². The van der Waals surface area contributed by atoms with Gasteiger partial charge < -0.3 is 15.6 Å². The highest BCUT2D eigenvalue weighted by molar-refractivity contribution is 5.84. The molecule has 24 heavy (non-hydrogen) atoms. The average Bonchev–Trinajstić information content (AvgIpc) is 2.56. The molecule has 0 saturated heterocycles. The third kappa shape index (κ3) is 3.79. The summed E-state index contributed by atoms with van der Waals surface area (Å²) in [7, 11) is 1.61. The van der Waals surface area contributed by atoms with Crippen LogP contribution in [0.4, 0.5) is 5.82 Å². The monoisotopic (exact) mass is 329 g/mol. The molecule has 3 N–H and O–H groups in total. The van der Waals surface area contributed by atoms with Crippen molar-refractivity contribution >= 4 is 11.7 Å². The molecule has 0 fully saturated rings. The van der Waals surface area contributed by atoms with E-state index in [4.69, 9.17) is 0 Å². The van der Waals surface area contributed by atoms with Gasteiger partial charge in [-0.2, -0.15) is 0 Å². The summed E-state index contributed by atoms with van der Waals surface area (Å²) in [5.74, 6) is 1.10. The number of aromatic amines is 1. The van der Waals surface area contributed by atoms with E-state index in [1.165, 1.54) is 0 Å². The van der Waals surface area contributed by atoms with Crippen LogP contribution in [0.2, 0.25) is 0 Å². The van der Waals surface area contributed by atoms with Gasteiger partial charge in [0.15, 0.2) is 0 Å². The second-order valence-electron chi connectivity index (χ2n) is 6.04. The van der Waals surface area contributed by atoms with E-state index in [0.29, 0.717) is 28.5 Å². The van der Waals surface area contributed by atoms with Crippen LogP contribution >= 0.6 is 0 Å². The molecule has 7 nitrogen and oxygen atoms in total. The number of nitrogens with zero attached hydrogens (tertiary/aromatic N) is 2. The largest absolute Gasteiger partial charge is 0.358 e. The van der Waals surface area contributed by atoms with Crippen molar-refractivity contribution in [1.82, 2.24) is 20.3 Å². The predicted molar refractivity (Wildman–Crippen MR) is 93.9 cm³/mol. The van der Waals surface area contributed by atoms with Gasteiger partial charge in [0.1, 0.15) is 17.7 Å². The molecule has 0 saturated carbocycles. The molecule has 0 aliphatic heterocycles. The third-order valence-corrected chi connectivity index (χ3v) is 3.93. The lowest BCUT2D eigenvalue weighted by Crippen LogP contribution is -2.41. The Kier molecular flexibility index (Phi) is 5.33. The van der Waals surface area contributed by atoms with E-state index in [2.05, 4.69) is 25.6 Å². The van der Waals surface area contributed by atoms with Crippen molar-refractivity contribution in [3.8, 4) is 11.4 Å². The summed E-state index contributed by atoms with van der Waals surface area (Å²) < 4.78 is 0. The number of aromatic nitrogens is 3. The number of rotatable bonds is 5. The van der Waals surface area contributed by atoms with Gasteiger partial charge in [0.05, 0.1) is 0 Å². The maximum atomic E-state index is 11.9. The highest BCUT2D eigenvalue weighted by Crippen LogP contribution is 2.17. The Hall–Kier alpha value is -2.70. The zero-order valence-electron chi connectivity index (χ0n) is 14.6. The van der Waals surface area contributed by atoms with E-state index in [1.54, 1.807) is 33.2 Å². The maximum Gasteiger partial charge on any atom is 0.254 e. The normalized spacial score (nSPS) is 12.1. The van der Waals surface area contributed by atoms with Crippen LogP contribution in [-0.4, -0.2) is 33.9 Å². The van der Waals surface area contributed by atoms with Crippen LogP contribution in [-0.2, 0) is 4.79 Å². The number of hydrogen-bond acceptors (Lipinski definition) is 5. The predicted octanol–water partition coefficient (Wildman–Crippen LogP) is 1.63. The molecule has 0 bridgehead atoms. The van der Waals surface area contributed by atoms with Gasteiger partial charge in [0.25, 0.3) is 5.56 Å². The second kappa shape index (κ2) is 7.25. The Morgan fingerprint density at radius 2 is 1.96 bits per heavy atom. The summed E-state index contributed by atoms with van der Waals surface area (Å²) >= 11 is 0. The zero-order valence-corrected chi connectivity index (χ0v) is 14.6. The smallest absolute Gasteiger partial charge is 0.254 e. The van der Waals surface area contributed by atoms with E-state index in [0.717, 1.165) is 0 Å². The first-order valence-electron chi connectivity index (χ1n) is 7.85. The molecule has 2 aromatic heterocycles. The molecule has 0 spiro atoms. The van der Waals surface area contributed by atoms with Crippen molar-refractivity contribution in [3.63, 3.8) is 0 Å². The molecule has 2 aromatic rings. The molecule has 128 valence electrons. The van der Waals surface area contributed by atoms with Crippen LogP contribution in [0.15, 0.2) is 23.1 Å². The van der Waals surface area contributed by atoms with Crippen molar-refractivity contribution in [3.05, 3.63) is 39.9 Å². The first-order valence-corrected chi connectivity index (χ1v) is 7.85. The fraction of sp³-hybridized carbons (Fsp3) is 0.412. The van der Waals surface area contributed by atoms with E-state index in [1.807, 2.05) is 19.9 Å². The van der Waals surface area contributed by atoms with E-state index in [9.17, 15) is 9.59 Å². The Balaban J connectivity index is 2.25. The maximum absolute atomic E-state index is 11.9. The lowest BCUT2D eigenvalue weighted by Gasteiger charge is -2.21. The van der Waals surface area contributed by atoms with E-state index < -0.39 is 0 Å². The third-order valence-electron chi connectivity index (χ3n) is 3.93. The van der Waals surface area contributed by atoms with Crippen molar-refractivity contribution in [2.75, 3.05) is 12.4 Å². The molecule has 1 atom stereocenters. The van der Waals surface area contributed by atoms with Crippen molar-refractivity contribution < 1.29 is 4.79 Å². The summed E-state index contributed by atoms with van der Waals surface area (Å²) in [5, 5.41) is 5.77. The molecule has 1 unspecified atom stereocenters. The summed E-state index contributed by atoms with van der Waals surface area (Å²) in [6.45, 7) is 7.46. The summed E-state index contributed by atoms with van der Waals surface area (Å²) in [4.78, 5) is 35.2. The fourth-order valence-corrected chi connectivity index (χ4v) is 2.25. The van der Waals surface area contributed by atoms with Crippen LogP contribution in [0, 0.1) is 19.8 Å². The second-order valence-corrected chi connectivity index (χ2v) is 6.04. The van der Waals surface area contributed by atoms with E-state index >= 15 is 0 Å². The van der Waals surface area contributed by atoms with Crippen molar-refractivity contribution in [2.24, 2.45) is 5.92 Å². The van der Waals surface area contributed by atoms with Gasteiger partial charge in [-0.15, -0.1) is 0 Å². The minimum atomic E-state index is -0.368. The first kappa shape index (κ1) is 17.7. The number of carbonyl (C=O) groups is 1. The number of amides is 1. The molecule has 0 aliphatic rings. The molecule has 0 aromatic carbocycles. The average molecular weight is 329 g/mol. The Morgan fingerprint density at radius 3 is 2.46 bits per heavy atom. The fourth-order valence-electron chi connectivity index (χ4n) is 2.25. The van der Waals surface area contributed by atoms with E-state index in [-0.39, 0.29) is 23.4 Å². The van der Waals surface area contributed by atoms with Gasteiger partial charge in [-0.25, -0.2) is 9.97 Å². The quantitative estimate of drug-likeness (QED) is 0.774. The standard InChI is InChI=1S/C17H23N5O2/c1-9(2)14(17(24)18-5)21-13-7-6-12(8-19-13)15-20-11(4)10(3)16(23)22-15/h6-9,14H,1-5H3,(H,18,24)(H,19,21)(H,20,22,23). The minimum absolute atomic E-state index is 0.0870. The van der Waals surface area contributed by atoms with Gasteiger partial charge in [-0.05, 0) is 31.9 Å². The van der Waals surface area contributed by atoms with Crippen LogP contribution in [0.25, 0.3) is 11.4 Å². The lowest BCUT2D eigenvalue weighted by molar-refractivity contribution is -0.122. The van der Waals surface area contributed by atoms with Crippen LogP contribution in [0.3, 0.4) is 0 Å². The topological polar surface area (TPSA) is 99.8 Å². The molecule has 2 rings (SSSR count). The highest BCUT2D eigenvalue weighted by Gasteiger charge is 2.21. The molecule has 2 heterocycles. The number of anilines is 1. The number of H-pyrrole nitrogens is 1. The SMILES string of the molecule is CNC(=O)C(Nc1ccc(-c2nc(C)c(C)c(=O)[nH]2)cn1)C(C)C. The summed E-state index contributed by atoms with van der Waals surface area (Å²) in [6.07, 6.45) is 1.62. The molecule has 7 heteroatoms. The first-order chi connectivity index (χ1) is 11.3. The lowest BCUT2D eigenvalue weighted by atomic mass is 10.0.